The summed E-state index contributed by atoms with van der Waals surface area (Å²) in [5.41, 5.74) is 0.600. The molecule has 0 aromatic carbocycles. The molecule has 0 aliphatic carbocycles. The first-order valence-electron chi connectivity index (χ1n) is 7.72. The van der Waals surface area contributed by atoms with Gasteiger partial charge in [0.2, 0.25) is 0 Å². The van der Waals surface area contributed by atoms with Crippen LogP contribution < -0.4 is 0 Å². The Kier molecular flexibility index (Phi) is 2.92. The van der Waals surface area contributed by atoms with Gasteiger partial charge in [-0.3, -0.25) is 9.69 Å². The number of ketones is 1. The van der Waals surface area contributed by atoms with Crippen LogP contribution >= 0.6 is 0 Å². The maximum atomic E-state index is 12.2. The summed E-state index contributed by atoms with van der Waals surface area (Å²) < 4.78 is 7.50. The first-order valence-corrected chi connectivity index (χ1v) is 7.72. The molecule has 5 heterocycles. The van der Waals surface area contributed by atoms with Crippen LogP contribution in [0, 0.1) is 5.92 Å². The second kappa shape index (κ2) is 4.70. The Morgan fingerprint density at radius 1 is 1.24 bits per heavy atom. The standard InChI is InChI=1S/C16H20N2O3/c1-17-4-2-3-14(17)16(20)21-13-7-11-5-10-6-12(8-13)18(11)9-15(10)19/h2-4,10-13H,5-9H2,1H3. The highest BCUT2D eigenvalue weighted by atomic mass is 16.5. The van der Waals surface area contributed by atoms with Crippen LogP contribution in [0.3, 0.4) is 0 Å². The van der Waals surface area contributed by atoms with Gasteiger partial charge in [-0.1, -0.05) is 0 Å². The summed E-state index contributed by atoms with van der Waals surface area (Å²) in [7, 11) is 1.85. The number of nitrogens with zero attached hydrogens (tertiary/aromatic N) is 2. The molecule has 0 N–H and O–H groups in total. The van der Waals surface area contributed by atoms with Gasteiger partial charge in [0.15, 0.2) is 0 Å². The third-order valence-electron chi connectivity index (χ3n) is 5.34. The van der Waals surface area contributed by atoms with Gasteiger partial charge in [-0.2, -0.15) is 0 Å². The lowest BCUT2D eigenvalue weighted by Gasteiger charge is -2.54. The number of esters is 1. The van der Waals surface area contributed by atoms with E-state index in [0.29, 0.717) is 30.1 Å². The Labute approximate surface area is 123 Å². The van der Waals surface area contributed by atoms with E-state index >= 15 is 0 Å². The van der Waals surface area contributed by atoms with Gasteiger partial charge in [0.1, 0.15) is 17.6 Å². The molecule has 4 aliphatic heterocycles. The predicted molar refractivity (Wildman–Crippen MR) is 75.9 cm³/mol. The van der Waals surface area contributed by atoms with Crippen LogP contribution in [-0.2, 0) is 16.6 Å². The lowest BCUT2D eigenvalue weighted by molar-refractivity contribution is -0.145. The number of ether oxygens (including phenoxy) is 1. The van der Waals surface area contributed by atoms with Crippen LogP contribution in [0.1, 0.15) is 36.2 Å². The first-order chi connectivity index (χ1) is 10.1. The van der Waals surface area contributed by atoms with Crippen molar-refractivity contribution in [3.8, 4) is 0 Å². The average Bonchev–Trinajstić information content (AvgIpc) is 2.85. The molecule has 0 saturated carbocycles. The van der Waals surface area contributed by atoms with Crippen molar-refractivity contribution in [1.29, 1.82) is 0 Å². The number of Topliss-reactive ketones (excluding diaryl/α,β-unsaturated/α-hetero) is 1. The van der Waals surface area contributed by atoms with Crippen molar-refractivity contribution >= 4 is 11.8 Å². The van der Waals surface area contributed by atoms with E-state index in [1.807, 2.05) is 19.3 Å². The maximum Gasteiger partial charge on any atom is 0.355 e. The fraction of sp³-hybridized carbons (Fsp3) is 0.625. The number of aromatic nitrogens is 1. The molecule has 21 heavy (non-hydrogen) atoms. The van der Waals surface area contributed by atoms with Crippen LogP contribution in [0.5, 0.6) is 0 Å². The summed E-state index contributed by atoms with van der Waals surface area (Å²) in [5.74, 6) is 0.431. The number of fused-ring (bicyclic) bond motifs is 1. The van der Waals surface area contributed by atoms with Crippen molar-refractivity contribution in [3.05, 3.63) is 24.0 Å². The van der Waals surface area contributed by atoms with Gasteiger partial charge in [0.25, 0.3) is 0 Å². The Morgan fingerprint density at radius 2 is 1.95 bits per heavy atom. The molecular formula is C16H20N2O3. The van der Waals surface area contributed by atoms with Gasteiger partial charge in [-0.05, 0) is 25.0 Å². The molecule has 0 spiro atoms. The Morgan fingerprint density at radius 3 is 2.52 bits per heavy atom. The van der Waals surface area contributed by atoms with Crippen LogP contribution in [-0.4, -0.2) is 46.0 Å². The fourth-order valence-electron chi connectivity index (χ4n) is 4.30. The SMILES string of the molecule is Cn1cccc1C(=O)OC1CC2CC3CC(C1)N2CC3=O. The molecule has 4 fully saturated rings. The minimum Gasteiger partial charge on any atom is -0.458 e. The van der Waals surface area contributed by atoms with Crippen molar-refractivity contribution in [2.45, 2.75) is 43.9 Å². The van der Waals surface area contributed by atoms with Crippen LogP contribution in [0.4, 0.5) is 0 Å². The lowest BCUT2D eigenvalue weighted by Crippen LogP contribution is -2.63. The van der Waals surface area contributed by atoms with Gasteiger partial charge < -0.3 is 9.30 Å². The molecule has 1 aromatic heterocycles. The average molecular weight is 288 g/mol. The van der Waals surface area contributed by atoms with E-state index < -0.39 is 0 Å². The van der Waals surface area contributed by atoms with E-state index in [-0.39, 0.29) is 18.0 Å². The van der Waals surface area contributed by atoms with Crippen LogP contribution in [0.15, 0.2) is 18.3 Å². The molecule has 5 rings (SSSR count). The maximum absolute atomic E-state index is 12.2. The normalized spacial score (nSPS) is 37.6. The molecule has 112 valence electrons. The van der Waals surface area contributed by atoms with Crippen LogP contribution in [0.2, 0.25) is 0 Å². The summed E-state index contributed by atoms with van der Waals surface area (Å²) in [4.78, 5) is 26.4. The fourth-order valence-corrected chi connectivity index (χ4v) is 4.30. The number of aryl methyl sites for hydroxylation is 1. The van der Waals surface area contributed by atoms with Gasteiger partial charge >= 0.3 is 5.97 Å². The Bertz CT molecular complexity index is 578. The molecule has 0 amide bonds. The summed E-state index contributed by atoms with van der Waals surface area (Å²) >= 11 is 0. The van der Waals surface area contributed by atoms with E-state index in [9.17, 15) is 9.59 Å². The quantitative estimate of drug-likeness (QED) is 0.771. The number of hydrogen-bond acceptors (Lipinski definition) is 4. The number of piperidine rings is 4. The summed E-state index contributed by atoms with van der Waals surface area (Å²) in [6.45, 7) is 0.610. The highest BCUT2D eigenvalue weighted by Crippen LogP contribution is 2.42. The molecule has 4 saturated heterocycles. The van der Waals surface area contributed by atoms with Crippen molar-refractivity contribution in [2.24, 2.45) is 13.0 Å². The van der Waals surface area contributed by atoms with Crippen LogP contribution in [0.25, 0.3) is 0 Å². The molecule has 5 heteroatoms. The zero-order valence-corrected chi connectivity index (χ0v) is 12.2. The minimum atomic E-state index is -0.233. The second-order valence-corrected chi connectivity index (χ2v) is 6.62. The Hall–Kier alpha value is -1.62. The molecule has 0 radical (unpaired) electrons. The summed E-state index contributed by atoms with van der Waals surface area (Å²) in [6, 6.07) is 4.48. The van der Waals surface area contributed by atoms with Gasteiger partial charge in [-0.15, -0.1) is 0 Å². The molecule has 4 bridgehead atoms. The highest BCUT2D eigenvalue weighted by molar-refractivity contribution is 5.88. The number of carbonyl (C=O) groups is 2. The Balaban J connectivity index is 1.44. The second-order valence-electron chi connectivity index (χ2n) is 6.62. The van der Waals surface area contributed by atoms with Crippen molar-refractivity contribution in [2.75, 3.05) is 6.54 Å². The summed E-state index contributed by atoms with van der Waals surface area (Å²) in [6.07, 6.45) is 5.49. The molecular weight excluding hydrogens is 268 g/mol. The number of hydrogen-bond donors (Lipinski definition) is 0. The molecule has 4 aliphatic rings. The zero-order chi connectivity index (χ0) is 14.6. The summed E-state index contributed by atoms with van der Waals surface area (Å²) in [5, 5.41) is 0. The number of rotatable bonds is 2. The minimum absolute atomic E-state index is 0.00666. The van der Waals surface area contributed by atoms with E-state index in [1.165, 1.54) is 0 Å². The number of carbonyl (C=O) groups excluding carboxylic acids is 2. The first kappa shape index (κ1) is 13.1. The lowest BCUT2D eigenvalue weighted by atomic mass is 9.72. The molecule has 5 nitrogen and oxygen atoms in total. The third-order valence-corrected chi connectivity index (χ3v) is 5.34. The van der Waals surface area contributed by atoms with E-state index in [2.05, 4.69) is 4.90 Å². The largest absolute Gasteiger partial charge is 0.458 e. The smallest absolute Gasteiger partial charge is 0.355 e. The van der Waals surface area contributed by atoms with Crippen molar-refractivity contribution in [1.82, 2.24) is 9.47 Å². The van der Waals surface area contributed by atoms with Gasteiger partial charge in [0.05, 0.1) is 6.54 Å². The van der Waals surface area contributed by atoms with Crippen molar-refractivity contribution < 1.29 is 14.3 Å². The molecule has 2 atom stereocenters. The predicted octanol–water partition coefficient (Wildman–Crippen LogP) is 1.38. The monoisotopic (exact) mass is 288 g/mol. The highest BCUT2D eigenvalue weighted by Gasteiger charge is 2.49. The topological polar surface area (TPSA) is 51.5 Å². The van der Waals surface area contributed by atoms with E-state index in [1.54, 1.807) is 10.6 Å². The van der Waals surface area contributed by atoms with Crippen molar-refractivity contribution in [3.63, 3.8) is 0 Å². The van der Waals surface area contributed by atoms with E-state index in [4.69, 9.17) is 4.74 Å². The third kappa shape index (κ3) is 2.11. The molecule has 1 aromatic rings. The van der Waals surface area contributed by atoms with Gasteiger partial charge in [0, 0.05) is 44.1 Å². The zero-order valence-electron chi connectivity index (χ0n) is 12.2. The molecule has 2 unspecified atom stereocenters. The van der Waals surface area contributed by atoms with Gasteiger partial charge in [-0.25, -0.2) is 4.79 Å². The van der Waals surface area contributed by atoms with E-state index in [0.717, 1.165) is 25.7 Å².